The number of thiazole rings is 1. The minimum atomic E-state index is -0.272. The Labute approximate surface area is 116 Å². The van der Waals surface area contributed by atoms with Gasteiger partial charge in [0.25, 0.3) is 5.91 Å². The Morgan fingerprint density at radius 2 is 2.11 bits per heavy atom. The number of carbonyl (C=O) groups is 1. The molecule has 0 aliphatic heterocycles. The summed E-state index contributed by atoms with van der Waals surface area (Å²) in [5, 5.41) is 14.6. The number of amides is 1. The molecule has 0 fully saturated rings. The molecule has 1 aromatic heterocycles. The number of rotatable bonds is 2. The van der Waals surface area contributed by atoms with Gasteiger partial charge in [0.2, 0.25) is 0 Å². The number of hydrogen-bond acceptors (Lipinski definition) is 4. The molecule has 0 spiro atoms. The molecule has 2 N–H and O–H groups in total. The Morgan fingerprint density at radius 1 is 1.37 bits per heavy atom. The molecule has 0 radical (unpaired) electrons. The number of nitrogens with one attached hydrogen (secondary N) is 1. The Balaban J connectivity index is 2.13. The van der Waals surface area contributed by atoms with Gasteiger partial charge in [0, 0.05) is 16.4 Å². The lowest BCUT2D eigenvalue weighted by Crippen LogP contribution is -2.14. The third kappa shape index (κ3) is 3.32. The zero-order chi connectivity index (χ0) is 14.0. The molecule has 5 heteroatoms. The highest BCUT2D eigenvalue weighted by atomic mass is 32.1. The van der Waals surface area contributed by atoms with Crippen LogP contribution in [0.4, 0.5) is 5.13 Å². The second-order valence-corrected chi connectivity index (χ2v) is 6.15. The highest BCUT2D eigenvalue weighted by molar-refractivity contribution is 7.14. The van der Waals surface area contributed by atoms with Crippen LogP contribution in [0.2, 0.25) is 0 Å². The number of phenolic OH excluding ortho intramolecular Hbond substituents is 1. The van der Waals surface area contributed by atoms with E-state index in [9.17, 15) is 9.90 Å². The normalized spacial score (nSPS) is 11.3. The Morgan fingerprint density at radius 3 is 2.68 bits per heavy atom. The van der Waals surface area contributed by atoms with Crippen LogP contribution in [-0.4, -0.2) is 16.0 Å². The van der Waals surface area contributed by atoms with Crippen molar-refractivity contribution < 1.29 is 9.90 Å². The average molecular weight is 276 g/mol. The summed E-state index contributed by atoms with van der Waals surface area (Å²) in [6.45, 7) is 6.22. The molecule has 0 saturated carbocycles. The van der Waals surface area contributed by atoms with Gasteiger partial charge in [0.1, 0.15) is 5.75 Å². The van der Waals surface area contributed by atoms with Crippen LogP contribution in [0.15, 0.2) is 29.6 Å². The molecular weight excluding hydrogens is 260 g/mol. The summed E-state index contributed by atoms with van der Waals surface area (Å²) in [5.74, 6) is -0.201. The number of carbonyl (C=O) groups excluding carboxylic acids is 1. The van der Waals surface area contributed by atoms with Gasteiger partial charge >= 0.3 is 0 Å². The van der Waals surface area contributed by atoms with Gasteiger partial charge in [-0.15, -0.1) is 11.3 Å². The predicted octanol–water partition coefficient (Wildman–Crippen LogP) is 3.40. The molecule has 100 valence electrons. The second kappa shape index (κ2) is 5.01. The number of anilines is 1. The third-order valence-corrected chi connectivity index (χ3v) is 3.36. The molecule has 0 unspecified atom stereocenters. The zero-order valence-electron chi connectivity index (χ0n) is 11.1. The summed E-state index contributed by atoms with van der Waals surface area (Å²) in [5.41, 5.74) is 1.32. The maximum atomic E-state index is 12.0. The number of nitrogens with zero attached hydrogens (tertiary/aromatic N) is 1. The van der Waals surface area contributed by atoms with Crippen LogP contribution >= 0.6 is 11.3 Å². The largest absolute Gasteiger partial charge is 0.508 e. The number of aromatic hydroxyl groups is 1. The SMILES string of the molecule is CC(C)(C)c1csc(NC(=O)c2cccc(O)c2)n1. The van der Waals surface area contributed by atoms with Crippen molar-refractivity contribution >= 4 is 22.4 Å². The zero-order valence-corrected chi connectivity index (χ0v) is 11.9. The molecule has 0 saturated heterocycles. The summed E-state index contributed by atoms with van der Waals surface area (Å²) >= 11 is 1.40. The standard InChI is InChI=1S/C14H16N2O2S/c1-14(2,3)11-8-19-13(15-11)16-12(18)9-5-4-6-10(17)7-9/h4-8,17H,1-3H3,(H,15,16,18). The Bertz CT molecular complexity index is 599. The van der Waals surface area contributed by atoms with Gasteiger partial charge in [0.15, 0.2) is 5.13 Å². The lowest BCUT2D eigenvalue weighted by molar-refractivity contribution is 0.102. The van der Waals surface area contributed by atoms with Crippen molar-refractivity contribution in [2.45, 2.75) is 26.2 Å². The molecule has 0 bridgehead atoms. The van der Waals surface area contributed by atoms with E-state index < -0.39 is 0 Å². The van der Waals surface area contributed by atoms with Crippen molar-refractivity contribution in [1.82, 2.24) is 4.98 Å². The van der Waals surface area contributed by atoms with Gasteiger partial charge in [-0.25, -0.2) is 4.98 Å². The lowest BCUT2D eigenvalue weighted by atomic mass is 9.93. The molecule has 1 aromatic carbocycles. The molecule has 0 atom stereocenters. The van der Waals surface area contributed by atoms with E-state index in [1.807, 2.05) is 5.38 Å². The van der Waals surface area contributed by atoms with Crippen LogP contribution in [0.3, 0.4) is 0 Å². The van der Waals surface area contributed by atoms with E-state index in [1.165, 1.54) is 23.5 Å². The van der Waals surface area contributed by atoms with Gasteiger partial charge in [-0.2, -0.15) is 0 Å². The van der Waals surface area contributed by atoms with E-state index in [0.29, 0.717) is 10.7 Å². The molecule has 19 heavy (non-hydrogen) atoms. The van der Waals surface area contributed by atoms with Crippen LogP contribution < -0.4 is 5.32 Å². The number of phenols is 1. The van der Waals surface area contributed by atoms with Crippen molar-refractivity contribution in [3.8, 4) is 5.75 Å². The average Bonchev–Trinajstić information content (AvgIpc) is 2.77. The van der Waals surface area contributed by atoms with Crippen LogP contribution in [0.25, 0.3) is 0 Å². The maximum Gasteiger partial charge on any atom is 0.257 e. The summed E-state index contributed by atoms with van der Waals surface area (Å²) in [6, 6.07) is 6.23. The first-order chi connectivity index (χ1) is 8.86. The van der Waals surface area contributed by atoms with E-state index in [1.54, 1.807) is 12.1 Å². The van der Waals surface area contributed by atoms with Gasteiger partial charge < -0.3 is 5.11 Å². The van der Waals surface area contributed by atoms with Gasteiger partial charge in [-0.3, -0.25) is 10.1 Å². The number of hydrogen-bond donors (Lipinski definition) is 2. The second-order valence-electron chi connectivity index (χ2n) is 5.29. The van der Waals surface area contributed by atoms with Crippen molar-refractivity contribution in [1.29, 1.82) is 0 Å². The van der Waals surface area contributed by atoms with E-state index in [4.69, 9.17) is 0 Å². The maximum absolute atomic E-state index is 12.0. The first-order valence-corrected chi connectivity index (χ1v) is 6.80. The Hall–Kier alpha value is -1.88. The topological polar surface area (TPSA) is 62.2 Å². The lowest BCUT2D eigenvalue weighted by Gasteiger charge is -2.14. The molecule has 2 aromatic rings. The third-order valence-electron chi connectivity index (χ3n) is 2.60. The monoisotopic (exact) mass is 276 g/mol. The minimum Gasteiger partial charge on any atom is -0.508 e. The van der Waals surface area contributed by atoms with Gasteiger partial charge in [0.05, 0.1) is 5.69 Å². The minimum absolute atomic E-state index is 0.0372. The van der Waals surface area contributed by atoms with E-state index in [-0.39, 0.29) is 17.1 Å². The highest BCUT2D eigenvalue weighted by Gasteiger charge is 2.18. The van der Waals surface area contributed by atoms with Gasteiger partial charge in [-0.05, 0) is 18.2 Å². The first kappa shape index (κ1) is 13.5. The molecule has 0 aliphatic carbocycles. The summed E-state index contributed by atoms with van der Waals surface area (Å²) in [4.78, 5) is 16.4. The van der Waals surface area contributed by atoms with E-state index >= 15 is 0 Å². The van der Waals surface area contributed by atoms with Crippen LogP contribution in [0, 0.1) is 0 Å². The van der Waals surface area contributed by atoms with E-state index in [0.717, 1.165) is 5.69 Å². The van der Waals surface area contributed by atoms with Crippen molar-refractivity contribution in [3.63, 3.8) is 0 Å². The van der Waals surface area contributed by atoms with Gasteiger partial charge in [-0.1, -0.05) is 26.8 Å². The predicted molar refractivity (Wildman–Crippen MR) is 76.9 cm³/mol. The quantitative estimate of drug-likeness (QED) is 0.883. The molecule has 0 aliphatic rings. The summed E-state index contributed by atoms with van der Waals surface area (Å²) < 4.78 is 0. The van der Waals surface area contributed by atoms with Crippen LogP contribution in [0.1, 0.15) is 36.8 Å². The highest BCUT2D eigenvalue weighted by Crippen LogP contribution is 2.26. The molecule has 1 heterocycles. The molecule has 1 amide bonds. The van der Waals surface area contributed by atoms with Crippen molar-refractivity contribution in [2.24, 2.45) is 0 Å². The molecule has 2 rings (SSSR count). The number of benzene rings is 1. The van der Waals surface area contributed by atoms with Crippen molar-refractivity contribution in [2.75, 3.05) is 5.32 Å². The fourth-order valence-corrected chi connectivity index (χ4v) is 2.42. The van der Waals surface area contributed by atoms with Crippen LogP contribution in [-0.2, 0) is 5.41 Å². The van der Waals surface area contributed by atoms with E-state index in [2.05, 4.69) is 31.1 Å². The number of aromatic nitrogens is 1. The Kier molecular flexibility index (Phi) is 3.57. The summed E-state index contributed by atoms with van der Waals surface area (Å²) in [7, 11) is 0. The fourth-order valence-electron chi connectivity index (χ4n) is 1.49. The first-order valence-electron chi connectivity index (χ1n) is 5.92. The molecule has 4 nitrogen and oxygen atoms in total. The molecular formula is C14H16N2O2S. The summed E-state index contributed by atoms with van der Waals surface area (Å²) in [6.07, 6.45) is 0. The fraction of sp³-hybridized carbons (Fsp3) is 0.286. The van der Waals surface area contributed by atoms with Crippen LogP contribution in [0.5, 0.6) is 5.75 Å². The van der Waals surface area contributed by atoms with Crippen molar-refractivity contribution in [3.05, 3.63) is 40.9 Å². The smallest absolute Gasteiger partial charge is 0.257 e.